The number of anilines is 1. The smallest absolute Gasteiger partial charge is 0.241 e. The van der Waals surface area contributed by atoms with Crippen LogP contribution in [0.3, 0.4) is 0 Å². The van der Waals surface area contributed by atoms with Gasteiger partial charge in [-0.3, -0.25) is 9.00 Å². The lowest BCUT2D eigenvalue weighted by molar-refractivity contribution is -0.117. The van der Waals surface area contributed by atoms with Crippen molar-refractivity contribution in [3.8, 4) is 0 Å². The Bertz CT molecular complexity index is 501. The van der Waals surface area contributed by atoms with Gasteiger partial charge in [-0.2, -0.15) is 0 Å². The zero-order chi connectivity index (χ0) is 13.8. The Morgan fingerprint density at radius 1 is 1.58 bits per heavy atom. The summed E-state index contributed by atoms with van der Waals surface area (Å²) < 4.78 is 11.3. The van der Waals surface area contributed by atoms with Crippen LogP contribution in [0.2, 0.25) is 5.02 Å². The Morgan fingerprint density at radius 2 is 2.37 bits per heavy atom. The van der Waals surface area contributed by atoms with E-state index in [4.69, 9.17) is 11.6 Å². The van der Waals surface area contributed by atoms with E-state index in [0.717, 1.165) is 24.9 Å². The second-order valence-corrected chi connectivity index (χ2v) is 6.50. The molecule has 1 fully saturated rings. The Balaban J connectivity index is 2.07. The molecule has 0 bridgehead atoms. The van der Waals surface area contributed by atoms with Gasteiger partial charge in [0.25, 0.3) is 0 Å². The topological polar surface area (TPSA) is 58.2 Å². The highest BCUT2D eigenvalue weighted by Gasteiger charge is 2.22. The van der Waals surface area contributed by atoms with E-state index in [-0.39, 0.29) is 11.9 Å². The predicted molar refractivity (Wildman–Crippen MR) is 78.9 cm³/mol. The lowest BCUT2D eigenvalue weighted by Crippen LogP contribution is -2.35. The lowest BCUT2D eigenvalue weighted by Gasteiger charge is -2.12. The first kappa shape index (κ1) is 14.5. The Morgan fingerprint density at radius 3 is 3.00 bits per heavy atom. The third kappa shape index (κ3) is 4.03. The van der Waals surface area contributed by atoms with E-state index < -0.39 is 10.8 Å². The van der Waals surface area contributed by atoms with E-state index >= 15 is 0 Å². The lowest BCUT2D eigenvalue weighted by atomic mass is 10.2. The molecule has 1 amide bonds. The number of halogens is 1. The van der Waals surface area contributed by atoms with Crippen LogP contribution < -0.4 is 10.6 Å². The molecule has 104 valence electrons. The molecule has 1 aromatic carbocycles. The quantitative estimate of drug-likeness (QED) is 0.893. The minimum atomic E-state index is -0.959. The first-order chi connectivity index (χ1) is 9.06. The SMILES string of the molecule is CS(=O)Cc1cc(NC(=O)C2CCCN2)ccc1Cl. The number of carbonyl (C=O) groups excluding carboxylic acids is 1. The van der Waals surface area contributed by atoms with E-state index in [2.05, 4.69) is 10.6 Å². The van der Waals surface area contributed by atoms with E-state index in [9.17, 15) is 9.00 Å². The molecule has 0 radical (unpaired) electrons. The van der Waals surface area contributed by atoms with E-state index in [0.29, 0.717) is 16.5 Å². The maximum atomic E-state index is 12.0. The Labute approximate surface area is 120 Å². The van der Waals surface area contributed by atoms with Gasteiger partial charge in [0, 0.05) is 33.5 Å². The van der Waals surface area contributed by atoms with Crippen molar-refractivity contribution in [2.24, 2.45) is 0 Å². The number of hydrogen-bond donors (Lipinski definition) is 2. The third-order valence-corrected chi connectivity index (χ3v) is 4.14. The maximum absolute atomic E-state index is 12.0. The summed E-state index contributed by atoms with van der Waals surface area (Å²) in [7, 11) is -0.959. The number of rotatable bonds is 4. The van der Waals surface area contributed by atoms with Crippen molar-refractivity contribution in [1.82, 2.24) is 5.32 Å². The van der Waals surface area contributed by atoms with E-state index in [1.54, 1.807) is 24.5 Å². The fourth-order valence-corrected chi connectivity index (χ4v) is 3.06. The summed E-state index contributed by atoms with van der Waals surface area (Å²) in [6, 6.07) is 5.16. The molecule has 0 spiro atoms. The van der Waals surface area contributed by atoms with Crippen molar-refractivity contribution in [3.05, 3.63) is 28.8 Å². The Kier molecular flexibility index (Phi) is 4.96. The third-order valence-electron chi connectivity index (χ3n) is 3.05. The molecule has 1 aliphatic rings. The van der Waals surface area contributed by atoms with Crippen molar-refractivity contribution in [2.75, 3.05) is 18.1 Å². The normalized spacial score (nSPS) is 20.2. The van der Waals surface area contributed by atoms with Crippen LogP contribution >= 0.6 is 11.6 Å². The fraction of sp³-hybridized carbons (Fsp3) is 0.462. The van der Waals surface area contributed by atoms with Crippen LogP contribution in [0.5, 0.6) is 0 Å². The number of hydrogen-bond acceptors (Lipinski definition) is 3. The second kappa shape index (κ2) is 6.50. The van der Waals surface area contributed by atoms with Crippen molar-refractivity contribution in [2.45, 2.75) is 24.6 Å². The van der Waals surface area contributed by atoms with Gasteiger partial charge in [0.2, 0.25) is 5.91 Å². The average Bonchev–Trinajstić information content (AvgIpc) is 2.86. The highest BCUT2D eigenvalue weighted by atomic mass is 35.5. The molecule has 1 saturated heterocycles. The highest BCUT2D eigenvalue weighted by Crippen LogP contribution is 2.22. The minimum Gasteiger partial charge on any atom is -0.325 e. The summed E-state index contributed by atoms with van der Waals surface area (Å²) in [4.78, 5) is 12.0. The summed E-state index contributed by atoms with van der Waals surface area (Å²) in [6.45, 7) is 0.888. The largest absolute Gasteiger partial charge is 0.325 e. The Hall–Kier alpha value is -0.910. The van der Waals surface area contributed by atoms with Crippen molar-refractivity contribution in [3.63, 3.8) is 0 Å². The van der Waals surface area contributed by atoms with Crippen molar-refractivity contribution >= 4 is 34.0 Å². The van der Waals surface area contributed by atoms with Gasteiger partial charge in [-0.1, -0.05) is 11.6 Å². The van der Waals surface area contributed by atoms with Crippen LogP contribution in [-0.4, -0.2) is 29.0 Å². The molecule has 2 unspecified atom stereocenters. The van der Waals surface area contributed by atoms with Crippen LogP contribution in [-0.2, 0) is 21.3 Å². The number of carbonyl (C=O) groups is 1. The standard InChI is InChI=1S/C13H17ClN2O2S/c1-19(18)8-9-7-10(4-5-11(9)14)16-13(17)12-3-2-6-15-12/h4-5,7,12,15H,2-3,6,8H2,1H3,(H,16,17). The van der Waals surface area contributed by atoms with Gasteiger partial charge >= 0.3 is 0 Å². The van der Waals surface area contributed by atoms with Crippen LogP contribution in [0.15, 0.2) is 18.2 Å². The van der Waals surface area contributed by atoms with Crippen LogP contribution in [0.25, 0.3) is 0 Å². The van der Waals surface area contributed by atoms with Crippen LogP contribution in [0.4, 0.5) is 5.69 Å². The summed E-state index contributed by atoms with van der Waals surface area (Å²) in [5, 5.41) is 6.59. The summed E-state index contributed by atoms with van der Waals surface area (Å²) in [5.41, 5.74) is 1.49. The molecular weight excluding hydrogens is 284 g/mol. The average molecular weight is 301 g/mol. The molecule has 1 aliphatic heterocycles. The van der Waals surface area contributed by atoms with Gasteiger partial charge in [-0.25, -0.2) is 0 Å². The molecule has 1 aromatic rings. The van der Waals surface area contributed by atoms with Gasteiger partial charge in [0.1, 0.15) is 0 Å². The molecular formula is C13H17ClN2O2S. The molecule has 4 nitrogen and oxygen atoms in total. The number of amides is 1. The first-order valence-corrected chi connectivity index (χ1v) is 8.29. The molecule has 19 heavy (non-hydrogen) atoms. The molecule has 6 heteroatoms. The molecule has 0 aromatic heterocycles. The molecule has 0 saturated carbocycles. The van der Waals surface area contributed by atoms with Gasteiger partial charge in [0.15, 0.2) is 0 Å². The van der Waals surface area contributed by atoms with Crippen LogP contribution in [0, 0.1) is 0 Å². The molecule has 1 heterocycles. The summed E-state index contributed by atoms with van der Waals surface area (Å²) in [6.07, 6.45) is 3.52. The summed E-state index contributed by atoms with van der Waals surface area (Å²) in [5.74, 6) is 0.368. The second-order valence-electron chi connectivity index (χ2n) is 4.66. The predicted octanol–water partition coefficient (Wildman–Crippen LogP) is 1.91. The highest BCUT2D eigenvalue weighted by molar-refractivity contribution is 7.83. The maximum Gasteiger partial charge on any atom is 0.241 e. The van der Waals surface area contributed by atoms with Gasteiger partial charge in [-0.05, 0) is 43.1 Å². The fourth-order valence-electron chi connectivity index (χ4n) is 2.12. The van der Waals surface area contributed by atoms with Crippen LogP contribution in [0.1, 0.15) is 18.4 Å². The van der Waals surface area contributed by atoms with Crippen molar-refractivity contribution < 1.29 is 9.00 Å². The van der Waals surface area contributed by atoms with Gasteiger partial charge in [0.05, 0.1) is 6.04 Å². The number of benzene rings is 1. The molecule has 2 N–H and O–H groups in total. The van der Waals surface area contributed by atoms with Gasteiger partial charge in [-0.15, -0.1) is 0 Å². The number of nitrogens with one attached hydrogen (secondary N) is 2. The van der Waals surface area contributed by atoms with E-state index in [1.807, 2.05) is 0 Å². The molecule has 2 rings (SSSR count). The molecule has 0 aliphatic carbocycles. The zero-order valence-corrected chi connectivity index (χ0v) is 12.3. The van der Waals surface area contributed by atoms with E-state index in [1.165, 1.54) is 0 Å². The minimum absolute atomic E-state index is 0.0246. The van der Waals surface area contributed by atoms with Gasteiger partial charge < -0.3 is 10.6 Å². The first-order valence-electron chi connectivity index (χ1n) is 6.19. The molecule has 2 atom stereocenters. The zero-order valence-electron chi connectivity index (χ0n) is 10.7. The summed E-state index contributed by atoms with van der Waals surface area (Å²) >= 11 is 6.04. The van der Waals surface area contributed by atoms with Crippen molar-refractivity contribution in [1.29, 1.82) is 0 Å². The monoisotopic (exact) mass is 300 g/mol.